The van der Waals surface area contributed by atoms with E-state index in [1.54, 1.807) is 0 Å². The molecule has 0 atom stereocenters. The minimum atomic E-state index is -5.24. The molecule has 0 radical (unpaired) electrons. The number of carbonyl (C=O) groups is 1. The largest absolute Gasteiger partial charge is 0.509 e. The zero-order valence-corrected chi connectivity index (χ0v) is 8.59. The van der Waals surface area contributed by atoms with Crippen molar-refractivity contribution in [3.8, 4) is 0 Å². The highest BCUT2D eigenvalue weighted by atomic mass is 19.4. The van der Waals surface area contributed by atoms with Gasteiger partial charge in [0.15, 0.2) is 0 Å². The standard InChI is InChI=1S/C9H7BF5O2/c1-17-8(16)9(11,12)6-2-4-7(5-3-6)10(13,14)15/h2-5H,1H3/q-1. The summed E-state index contributed by atoms with van der Waals surface area (Å²) >= 11 is 0. The molecule has 17 heavy (non-hydrogen) atoms. The summed E-state index contributed by atoms with van der Waals surface area (Å²) in [5.74, 6) is -5.77. The van der Waals surface area contributed by atoms with Gasteiger partial charge in [0.25, 0.3) is 0 Å². The summed E-state index contributed by atoms with van der Waals surface area (Å²) in [4.78, 5) is 10.7. The van der Waals surface area contributed by atoms with E-state index in [2.05, 4.69) is 4.74 Å². The first-order valence-corrected chi connectivity index (χ1v) is 4.46. The minimum absolute atomic E-state index is 0.506. The maximum atomic E-state index is 13.2. The first-order valence-electron chi connectivity index (χ1n) is 4.46. The summed E-state index contributed by atoms with van der Waals surface area (Å²) in [6.45, 7) is -5.24. The number of hydrogen-bond donors (Lipinski definition) is 0. The molecule has 0 unspecified atom stereocenters. The zero-order chi connectivity index (χ0) is 13.3. The molecule has 0 aliphatic carbocycles. The van der Waals surface area contributed by atoms with Gasteiger partial charge >= 0.3 is 18.9 Å². The molecule has 1 aromatic rings. The highest BCUT2D eigenvalue weighted by Crippen LogP contribution is 2.28. The van der Waals surface area contributed by atoms with Crippen LogP contribution in [0.2, 0.25) is 0 Å². The van der Waals surface area contributed by atoms with E-state index in [0.29, 0.717) is 24.3 Å². The molecule has 0 fully saturated rings. The molecule has 8 heteroatoms. The molecule has 1 aromatic carbocycles. The fourth-order valence-electron chi connectivity index (χ4n) is 1.16. The number of benzene rings is 1. The summed E-state index contributed by atoms with van der Waals surface area (Å²) in [6, 6.07) is 2.13. The Morgan fingerprint density at radius 1 is 1.18 bits per heavy atom. The van der Waals surface area contributed by atoms with Gasteiger partial charge in [-0.05, 0) is 0 Å². The van der Waals surface area contributed by atoms with Crippen molar-refractivity contribution in [3.05, 3.63) is 29.8 Å². The Morgan fingerprint density at radius 2 is 1.65 bits per heavy atom. The van der Waals surface area contributed by atoms with Gasteiger partial charge in [-0.25, -0.2) is 4.79 Å². The molecule has 2 nitrogen and oxygen atoms in total. The molecule has 0 spiro atoms. The number of methoxy groups -OCH3 is 1. The monoisotopic (exact) mass is 253 g/mol. The molecule has 0 bridgehead atoms. The molecule has 94 valence electrons. The Balaban J connectivity index is 3.07. The van der Waals surface area contributed by atoms with Crippen LogP contribution >= 0.6 is 0 Å². The lowest BCUT2D eigenvalue weighted by atomic mass is 9.79. The molecule has 0 saturated heterocycles. The van der Waals surface area contributed by atoms with Crippen molar-refractivity contribution in [2.24, 2.45) is 0 Å². The van der Waals surface area contributed by atoms with Gasteiger partial charge in [-0.2, -0.15) is 8.78 Å². The van der Waals surface area contributed by atoms with Gasteiger partial charge < -0.3 is 17.7 Å². The van der Waals surface area contributed by atoms with Crippen LogP contribution in [0.4, 0.5) is 21.7 Å². The van der Waals surface area contributed by atoms with Crippen molar-refractivity contribution in [1.29, 1.82) is 0 Å². The van der Waals surface area contributed by atoms with Crippen LogP contribution in [-0.2, 0) is 15.5 Å². The van der Waals surface area contributed by atoms with E-state index in [9.17, 15) is 26.5 Å². The minimum Gasteiger partial charge on any atom is -0.464 e. The first kappa shape index (κ1) is 13.5. The summed E-state index contributed by atoms with van der Waals surface area (Å²) in [5, 5.41) is 0. The third kappa shape index (κ3) is 2.75. The highest BCUT2D eigenvalue weighted by molar-refractivity contribution is 6.73. The van der Waals surface area contributed by atoms with E-state index in [0.717, 1.165) is 7.11 Å². The molecule has 0 aliphatic rings. The van der Waals surface area contributed by atoms with E-state index < -0.39 is 29.9 Å². The summed E-state index contributed by atoms with van der Waals surface area (Å²) < 4.78 is 67.0. The van der Waals surface area contributed by atoms with E-state index in [-0.39, 0.29) is 0 Å². The second-order valence-corrected chi connectivity index (χ2v) is 3.26. The molecule has 1 rings (SSSR count). The smallest absolute Gasteiger partial charge is 0.464 e. The van der Waals surface area contributed by atoms with E-state index in [4.69, 9.17) is 0 Å². The van der Waals surface area contributed by atoms with Gasteiger partial charge in [0, 0.05) is 5.56 Å². The Hall–Kier alpha value is -1.60. The third-order valence-electron chi connectivity index (χ3n) is 2.09. The van der Waals surface area contributed by atoms with Crippen molar-refractivity contribution < 1.29 is 31.3 Å². The molecule has 0 aliphatic heterocycles. The van der Waals surface area contributed by atoms with Gasteiger partial charge in [0.05, 0.1) is 7.11 Å². The van der Waals surface area contributed by atoms with Crippen LogP contribution < -0.4 is 5.46 Å². The number of rotatable bonds is 3. The molecule has 0 aromatic heterocycles. The van der Waals surface area contributed by atoms with Crippen molar-refractivity contribution in [3.63, 3.8) is 0 Å². The van der Waals surface area contributed by atoms with Crippen LogP contribution in [0.5, 0.6) is 0 Å². The van der Waals surface area contributed by atoms with Crippen LogP contribution in [0, 0.1) is 0 Å². The number of halogens is 5. The number of ether oxygens (including phenoxy) is 1. The predicted molar refractivity (Wildman–Crippen MR) is 51.1 cm³/mol. The van der Waals surface area contributed by atoms with E-state index in [1.807, 2.05) is 0 Å². The highest BCUT2D eigenvalue weighted by Gasteiger charge is 2.42. The topological polar surface area (TPSA) is 26.3 Å². The first-order chi connectivity index (χ1) is 7.69. The van der Waals surface area contributed by atoms with Crippen LogP contribution in [0.3, 0.4) is 0 Å². The van der Waals surface area contributed by atoms with Crippen LogP contribution in [0.1, 0.15) is 5.56 Å². The fourth-order valence-corrected chi connectivity index (χ4v) is 1.16. The van der Waals surface area contributed by atoms with Gasteiger partial charge in [-0.1, -0.05) is 24.3 Å². The zero-order valence-electron chi connectivity index (χ0n) is 8.59. The number of esters is 1. The van der Waals surface area contributed by atoms with E-state index >= 15 is 0 Å². The molecule has 0 N–H and O–H groups in total. The maximum absolute atomic E-state index is 13.2. The Bertz CT molecular complexity index is 412. The van der Waals surface area contributed by atoms with Crippen LogP contribution in [-0.4, -0.2) is 20.1 Å². The molecular weight excluding hydrogens is 246 g/mol. The molecule has 0 heterocycles. The van der Waals surface area contributed by atoms with Gasteiger partial charge in [0.2, 0.25) is 0 Å². The molecule has 0 amide bonds. The van der Waals surface area contributed by atoms with Crippen molar-refractivity contribution in [1.82, 2.24) is 0 Å². The second kappa shape index (κ2) is 4.35. The molecular formula is C9H7BF5O2-. The average molecular weight is 253 g/mol. The van der Waals surface area contributed by atoms with Crippen molar-refractivity contribution in [2.75, 3.05) is 7.11 Å². The maximum Gasteiger partial charge on any atom is 0.509 e. The number of hydrogen-bond acceptors (Lipinski definition) is 2. The van der Waals surface area contributed by atoms with Crippen LogP contribution in [0.25, 0.3) is 0 Å². The SMILES string of the molecule is COC(=O)C(F)(F)c1ccc([B-](F)(F)F)cc1. The Kier molecular flexibility index (Phi) is 3.44. The number of alkyl halides is 2. The third-order valence-corrected chi connectivity index (χ3v) is 2.09. The Morgan fingerprint density at radius 3 is 2.00 bits per heavy atom. The quantitative estimate of drug-likeness (QED) is 0.468. The fraction of sp³-hybridized carbons (Fsp3) is 0.222. The predicted octanol–water partition coefficient (Wildman–Crippen LogP) is 2.01. The average Bonchev–Trinajstić information content (AvgIpc) is 2.27. The normalized spacial score (nSPS) is 12.4. The summed E-state index contributed by atoms with van der Waals surface area (Å²) in [7, 11) is 0.767. The lowest BCUT2D eigenvalue weighted by molar-refractivity contribution is -0.170. The number of carbonyl (C=O) groups excluding carboxylic acids is 1. The Labute approximate surface area is 93.4 Å². The molecule has 0 saturated carbocycles. The second-order valence-electron chi connectivity index (χ2n) is 3.26. The summed E-state index contributed by atoms with van der Waals surface area (Å²) in [6.07, 6.45) is 0. The van der Waals surface area contributed by atoms with Gasteiger partial charge in [-0.15, -0.1) is 5.46 Å². The van der Waals surface area contributed by atoms with Crippen LogP contribution in [0.15, 0.2) is 24.3 Å². The van der Waals surface area contributed by atoms with Gasteiger partial charge in [0.1, 0.15) is 0 Å². The van der Waals surface area contributed by atoms with Crippen molar-refractivity contribution in [2.45, 2.75) is 5.92 Å². The van der Waals surface area contributed by atoms with Crippen molar-refractivity contribution >= 4 is 18.4 Å². The van der Waals surface area contributed by atoms with Gasteiger partial charge in [-0.3, -0.25) is 0 Å². The summed E-state index contributed by atoms with van der Waals surface area (Å²) in [5.41, 5.74) is -1.84. The lowest BCUT2D eigenvalue weighted by Gasteiger charge is -2.17. The lowest BCUT2D eigenvalue weighted by Crippen LogP contribution is -2.34. The van der Waals surface area contributed by atoms with E-state index in [1.165, 1.54) is 0 Å².